The molecule has 0 heterocycles. The summed E-state index contributed by atoms with van der Waals surface area (Å²) in [4.78, 5) is 0. The van der Waals surface area contributed by atoms with Crippen LogP contribution in [0.25, 0.3) is 12.2 Å². The van der Waals surface area contributed by atoms with Gasteiger partial charge in [-0.1, -0.05) is 50.3 Å². The number of benzene rings is 2. The Hall–Kier alpha value is -2.24. The topological polar surface area (TPSA) is 0 Å². The molecule has 0 bridgehead atoms. The molecule has 0 fully saturated rings. The minimum atomic E-state index is -4.84. The van der Waals surface area contributed by atoms with Gasteiger partial charge in [0.25, 0.3) is 0 Å². The first-order valence-corrected chi connectivity index (χ1v) is 7.54. The van der Waals surface area contributed by atoms with Gasteiger partial charge >= 0.3 is 12.4 Å². The molecular weight excluding hydrogens is 342 g/mol. The highest BCUT2D eigenvalue weighted by Gasteiger charge is 2.36. The van der Waals surface area contributed by atoms with Crippen molar-refractivity contribution in [3.8, 4) is 0 Å². The molecule has 0 unspecified atom stereocenters. The summed E-state index contributed by atoms with van der Waals surface area (Å²) in [6.45, 7) is 4.04. The highest BCUT2D eigenvalue weighted by molar-refractivity contribution is 5.70. The van der Waals surface area contributed by atoms with E-state index in [-0.39, 0.29) is 11.6 Å². The van der Waals surface area contributed by atoms with Crippen LogP contribution in [0.15, 0.2) is 42.5 Å². The van der Waals surface area contributed by atoms with Crippen molar-refractivity contribution in [1.29, 1.82) is 0 Å². The van der Waals surface area contributed by atoms with Gasteiger partial charge in [-0.3, -0.25) is 0 Å². The highest BCUT2D eigenvalue weighted by Crippen LogP contribution is 2.36. The summed E-state index contributed by atoms with van der Waals surface area (Å²) in [5.74, 6) is 0.329. The monoisotopic (exact) mass is 358 g/mol. The average Bonchev–Trinajstić information content (AvgIpc) is 2.51. The van der Waals surface area contributed by atoms with Crippen LogP contribution in [0.3, 0.4) is 0 Å². The molecule has 0 atom stereocenters. The zero-order valence-electron chi connectivity index (χ0n) is 13.5. The van der Waals surface area contributed by atoms with Gasteiger partial charge in [-0.05, 0) is 40.8 Å². The zero-order valence-corrected chi connectivity index (χ0v) is 13.5. The van der Waals surface area contributed by atoms with E-state index in [2.05, 4.69) is 0 Å². The fourth-order valence-corrected chi connectivity index (χ4v) is 2.26. The van der Waals surface area contributed by atoms with Gasteiger partial charge in [-0.25, -0.2) is 0 Å². The summed E-state index contributed by atoms with van der Waals surface area (Å²) in [5.41, 5.74) is -1.02. The van der Waals surface area contributed by atoms with E-state index in [1.54, 1.807) is 12.1 Å². The fraction of sp³-hybridized carbons (Fsp3) is 0.263. The van der Waals surface area contributed by atoms with Crippen LogP contribution < -0.4 is 0 Å². The molecule has 0 spiro atoms. The maximum absolute atomic E-state index is 12.8. The molecule has 0 aliphatic carbocycles. The Morgan fingerprint density at radius 3 is 1.52 bits per heavy atom. The van der Waals surface area contributed by atoms with E-state index in [1.165, 1.54) is 12.2 Å². The number of rotatable bonds is 3. The lowest BCUT2D eigenvalue weighted by Crippen LogP contribution is -2.11. The summed E-state index contributed by atoms with van der Waals surface area (Å²) in [6, 6.07) is 8.81. The van der Waals surface area contributed by atoms with Gasteiger partial charge in [0.15, 0.2) is 0 Å². The largest absolute Gasteiger partial charge is 0.416 e. The number of hydrogen-bond donors (Lipinski definition) is 0. The molecule has 2 rings (SSSR count). The van der Waals surface area contributed by atoms with Crippen LogP contribution in [0.2, 0.25) is 0 Å². The maximum atomic E-state index is 12.8. The molecule has 2 aromatic rings. The standard InChI is InChI=1S/C19H16F6/c1-12(2)15-7-5-13(6-8-15)3-4-14-9-16(18(20,21)22)11-17(10-14)19(23,24)25/h3-12H,1-2H3/b4-3+. The summed E-state index contributed by atoms with van der Waals surface area (Å²) >= 11 is 0. The average molecular weight is 358 g/mol. The minimum absolute atomic E-state index is 0.120. The van der Waals surface area contributed by atoms with Gasteiger partial charge in [-0.2, -0.15) is 26.3 Å². The van der Waals surface area contributed by atoms with Crippen molar-refractivity contribution in [2.75, 3.05) is 0 Å². The van der Waals surface area contributed by atoms with Crippen LogP contribution in [-0.2, 0) is 12.4 Å². The molecule has 6 heteroatoms. The first-order chi connectivity index (χ1) is 11.5. The Balaban J connectivity index is 2.37. The van der Waals surface area contributed by atoms with E-state index in [0.717, 1.165) is 5.56 Å². The van der Waals surface area contributed by atoms with Crippen molar-refractivity contribution in [3.05, 3.63) is 70.3 Å². The third kappa shape index (κ3) is 5.11. The number of alkyl halides is 6. The zero-order chi connectivity index (χ0) is 18.8. The molecule has 0 aromatic heterocycles. The van der Waals surface area contributed by atoms with Gasteiger partial charge in [0.1, 0.15) is 0 Å². The number of hydrogen-bond acceptors (Lipinski definition) is 0. The van der Waals surface area contributed by atoms with E-state index in [0.29, 0.717) is 23.6 Å². The quantitative estimate of drug-likeness (QED) is 0.409. The molecule has 0 radical (unpaired) electrons. The second-order valence-corrected chi connectivity index (χ2v) is 5.99. The van der Waals surface area contributed by atoms with Gasteiger partial charge in [-0.15, -0.1) is 0 Å². The molecule has 25 heavy (non-hydrogen) atoms. The summed E-state index contributed by atoms with van der Waals surface area (Å²) in [7, 11) is 0. The van der Waals surface area contributed by atoms with Gasteiger partial charge in [0, 0.05) is 0 Å². The first kappa shape index (κ1) is 19.1. The molecule has 0 saturated heterocycles. The van der Waals surface area contributed by atoms with E-state index < -0.39 is 23.5 Å². The van der Waals surface area contributed by atoms with Crippen LogP contribution in [0.5, 0.6) is 0 Å². The Bertz CT molecular complexity index is 717. The smallest absolute Gasteiger partial charge is 0.166 e. The second-order valence-electron chi connectivity index (χ2n) is 5.99. The lowest BCUT2D eigenvalue weighted by molar-refractivity contribution is -0.143. The van der Waals surface area contributed by atoms with Crippen molar-refractivity contribution in [2.24, 2.45) is 0 Å². The van der Waals surface area contributed by atoms with Crippen molar-refractivity contribution in [1.82, 2.24) is 0 Å². The third-order valence-corrected chi connectivity index (χ3v) is 3.68. The van der Waals surface area contributed by atoms with Crippen molar-refractivity contribution in [2.45, 2.75) is 32.1 Å². The van der Waals surface area contributed by atoms with Crippen LogP contribution in [0.1, 0.15) is 47.6 Å². The van der Waals surface area contributed by atoms with Crippen molar-refractivity contribution < 1.29 is 26.3 Å². The van der Waals surface area contributed by atoms with Crippen LogP contribution in [0.4, 0.5) is 26.3 Å². The summed E-state index contributed by atoms with van der Waals surface area (Å²) in [5, 5.41) is 0. The Kier molecular flexibility index (Phi) is 5.30. The van der Waals surface area contributed by atoms with Crippen molar-refractivity contribution >= 4 is 12.2 Å². The first-order valence-electron chi connectivity index (χ1n) is 7.54. The van der Waals surface area contributed by atoms with E-state index in [1.807, 2.05) is 26.0 Å². The predicted octanol–water partition coefficient (Wildman–Crippen LogP) is 7.02. The van der Waals surface area contributed by atoms with Gasteiger partial charge in [0.2, 0.25) is 0 Å². The molecule has 0 N–H and O–H groups in total. The Morgan fingerprint density at radius 1 is 0.680 bits per heavy atom. The van der Waals surface area contributed by atoms with Crippen LogP contribution in [-0.4, -0.2) is 0 Å². The minimum Gasteiger partial charge on any atom is -0.166 e. The SMILES string of the molecule is CC(C)c1ccc(/C=C/c2cc(C(F)(F)F)cc(C(F)(F)F)c2)cc1. The van der Waals surface area contributed by atoms with Crippen LogP contribution >= 0.6 is 0 Å². The molecule has 0 nitrogen and oxygen atoms in total. The van der Waals surface area contributed by atoms with Crippen molar-refractivity contribution in [3.63, 3.8) is 0 Å². The molecule has 0 saturated carbocycles. The number of halogens is 6. The molecule has 0 aliphatic heterocycles. The van der Waals surface area contributed by atoms with E-state index >= 15 is 0 Å². The third-order valence-electron chi connectivity index (χ3n) is 3.68. The van der Waals surface area contributed by atoms with Crippen LogP contribution in [0, 0.1) is 0 Å². The Morgan fingerprint density at radius 2 is 1.12 bits per heavy atom. The highest BCUT2D eigenvalue weighted by atomic mass is 19.4. The summed E-state index contributed by atoms with van der Waals surface area (Å²) in [6.07, 6.45) is -6.96. The molecule has 0 amide bonds. The second kappa shape index (κ2) is 6.94. The molecular formula is C19H16F6. The lowest BCUT2D eigenvalue weighted by Gasteiger charge is -2.13. The maximum Gasteiger partial charge on any atom is 0.416 e. The lowest BCUT2D eigenvalue weighted by atomic mass is 10.0. The molecule has 2 aromatic carbocycles. The van der Waals surface area contributed by atoms with Gasteiger partial charge in [0.05, 0.1) is 11.1 Å². The van der Waals surface area contributed by atoms with E-state index in [9.17, 15) is 26.3 Å². The summed E-state index contributed by atoms with van der Waals surface area (Å²) < 4.78 is 77.0. The van der Waals surface area contributed by atoms with E-state index in [4.69, 9.17) is 0 Å². The fourth-order valence-electron chi connectivity index (χ4n) is 2.26. The normalized spacial score (nSPS) is 13.0. The predicted molar refractivity (Wildman–Crippen MR) is 85.9 cm³/mol. The Labute approximate surface area is 141 Å². The molecule has 0 aliphatic rings. The molecule has 134 valence electrons. The van der Waals surface area contributed by atoms with Gasteiger partial charge < -0.3 is 0 Å².